The van der Waals surface area contributed by atoms with Gasteiger partial charge in [-0.05, 0) is 36.1 Å². The van der Waals surface area contributed by atoms with Crippen molar-refractivity contribution in [1.82, 2.24) is 5.32 Å². The van der Waals surface area contributed by atoms with E-state index in [1.54, 1.807) is 7.05 Å². The fraction of sp³-hybridized carbons (Fsp3) is 0.250. The number of ketones is 1. The van der Waals surface area contributed by atoms with Crippen molar-refractivity contribution in [2.45, 2.75) is 25.1 Å². The third-order valence-corrected chi connectivity index (χ3v) is 4.27. The number of carbonyl (C=O) groups is 1. The molecule has 0 saturated carbocycles. The number of hydrogen-bond acceptors (Lipinski definition) is 3. The van der Waals surface area contributed by atoms with Gasteiger partial charge in [-0.15, -0.1) is 0 Å². The van der Waals surface area contributed by atoms with E-state index < -0.39 is 17.8 Å². The summed E-state index contributed by atoms with van der Waals surface area (Å²) in [5, 5.41) is 2.78. The molecule has 0 spiro atoms. The minimum absolute atomic E-state index is 0.164. The molecule has 0 saturated heterocycles. The first-order valence-corrected chi connectivity index (χ1v) is 8.24. The van der Waals surface area contributed by atoms with Crippen LogP contribution in [0.25, 0.3) is 5.57 Å². The molecule has 136 valence electrons. The second-order valence-electron chi connectivity index (χ2n) is 6.03. The molecule has 3 nitrogen and oxygen atoms in total. The summed E-state index contributed by atoms with van der Waals surface area (Å²) >= 11 is 0. The fourth-order valence-electron chi connectivity index (χ4n) is 2.97. The average Bonchev–Trinajstić information content (AvgIpc) is 2.96. The van der Waals surface area contributed by atoms with E-state index >= 15 is 0 Å². The van der Waals surface area contributed by atoms with Gasteiger partial charge in [0.05, 0.1) is 11.1 Å². The summed E-state index contributed by atoms with van der Waals surface area (Å²) in [7, 11) is 1.58. The third-order valence-electron chi connectivity index (χ3n) is 4.27. The van der Waals surface area contributed by atoms with Gasteiger partial charge in [0.15, 0.2) is 12.0 Å². The predicted octanol–water partition coefficient (Wildman–Crippen LogP) is 4.19. The van der Waals surface area contributed by atoms with E-state index in [-0.39, 0.29) is 22.8 Å². The lowest BCUT2D eigenvalue weighted by Gasteiger charge is -2.11. The fourth-order valence-corrected chi connectivity index (χ4v) is 2.97. The van der Waals surface area contributed by atoms with Crippen LogP contribution in [0.15, 0.2) is 60.5 Å². The zero-order valence-corrected chi connectivity index (χ0v) is 14.1. The number of aryl methyl sites for hydroxylation is 1. The highest BCUT2D eigenvalue weighted by molar-refractivity contribution is 6.25. The highest BCUT2D eigenvalue weighted by Crippen LogP contribution is 2.35. The van der Waals surface area contributed by atoms with Gasteiger partial charge in [0.1, 0.15) is 0 Å². The molecule has 0 aromatic heterocycles. The summed E-state index contributed by atoms with van der Waals surface area (Å²) in [6, 6.07) is 14.4. The second kappa shape index (κ2) is 7.23. The Labute approximate surface area is 149 Å². The molecule has 0 aliphatic carbocycles. The molecule has 1 atom stereocenters. The lowest BCUT2D eigenvalue weighted by molar-refractivity contribution is -0.137. The normalized spacial score (nSPS) is 17.4. The molecule has 0 radical (unpaired) electrons. The molecule has 3 rings (SSSR count). The summed E-state index contributed by atoms with van der Waals surface area (Å²) in [5.74, 6) is -0.0861. The Morgan fingerprint density at radius 3 is 2.46 bits per heavy atom. The summed E-state index contributed by atoms with van der Waals surface area (Å²) in [5.41, 5.74) is 0.647. The molecule has 1 aliphatic rings. The van der Waals surface area contributed by atoms with Crippen LogP contribution < -0.4 is 5.32 Å². The van der Waals surface area contributed by atoms with Gasteiger partial charge in [-0.3, -0.25) is 4.79 Å². The molecule has 1 N–H and O–H groups in total. The average molecular weight is 361 g/mol. The van der Waals surface area contributed by atoms with Crippen LogP contribution in [0, 0.1) is 0 Å². The Balaban J connectivity index is 1.81. The minimum Gasteiger partial charge on any atom is -0.467 e. The molecular formula is C20H18F3NO2. The Morgan fingerprint density at radius 1 is 1.08 bits per heavy atom. The van der Waals surface area contributed by atoms with Crippen molar-refractivity contribution in [3.8, 4) is 0 Å². The van der Waals surface area contributed by atoms with Crippen molar-refractivity contribution in [3.63, 3.8) is 0 Å². The van der Waals surface area contributed by atoms with Gasteiger partial charge in [-0.1, -0.05) is 42.5 Å². The van der Waals surface area contributed by atoms with Gasteiger partial charge < -0.3 is 10.1 Å². The van der Waals surface area contributed by atoms with Crippen LogP contribution in [0.1, 0.15) is 23.1 Å². The number of alkyl halides is 3. The van der Waals surface area contributed by atoms with Crippen LogP contribution >= 0.6 is 0 Å². The molecule has 0 amide bonds. The van der Waals surface area contributed by atoms with Crippen LogP contribution in [0.2, 0.25) is 0 Å². The van der Waals surface area contributed by atoms with Crippen molar-refractivity contribution in [2.24, 2.45) is 0 Å². The van der Waals surface area contributed by atoms with Crippen LogP contribution in [0.3, 0.4) is 0 Å². The maximum atomic E-state index is 13.0. The van der Waals surface area contributed by atoms with E-state index in [1.807, 2.05) is 30.3 Å². The Morgan fingerprint density at radius 2 is 1.81 bits per heavy atom. The topological polar surface area (TPSA) is 38.3 Å². The van der Waals surface area contributed by atoms with E-state index in [0.717, 1.165) is 17.7 Å². The standard InChI is InChI=1S/C20H18F3NO2/c1-24-19-17(14-8-5-9-15(12-14)20(21,22)23)18(25)16(26-19)11-10-13-6-3-2-4-7-13/h2-9,12,16,24H,10-11H2,1H3. The van der Waals surface area contributed by atoms with Crippen LogP contribution in [0.4, 0.5) is 13.2 Å². The molecule has 26 heavy (non-hydrogen) atoms. The highest BCUT2D eigenvalue weighted by atomic mass is 19.4. The van der Waals surface area contributed by atoms with E-state index in [1.165, 1.54) is 12.1 Å². The summed E-state index contributed by atoms with van der Waals surface area (Å²) in [6.07, 6.45) is -4.08. The molecular weight excluding hydrogens is 343 g/mol. The van der Waals surface area contributed by atoms with Crippen molar-refractivity contribution < 1.29 is 22.7 Å². The van der Waals surface area contributed by atoms with Crippen molar-refractivity contribution >= 4 is 11.4 Å². The molecule has 0 bridgehead atoms. The number of halogens is 3. The molecule has 2 aromatic carbocycles. The van der Waals surface area contributed by atoms with Gasteiger partial charge in [0, 0.05) is 7.05 Å². The van der Waals surface area contributed by atoms with E-state index in [4.69, 9.17) is 4.74 Å². The quantitative estimate of drug-likeness (QED) is 0.868. The largest absolute Gasteiger partial charge is 0.467 e. The van der Waals surface area contributed by atoms with Gasteiger partial charge in [0.2, 0.25) is 5.78 Å². The van der Waals surface area contributed by atoms with Gasteiger partial charge >= 0.3 is 6.18 Å². The first kappa shape index (κ1) is 18.0. The number of ether oxygens (including phenoxy) is 1. The van der Waals surface area contributed by atoms with Crippen molar-refractivity contribution in [3.05, 3.63) is 77.2 Å². The zero-order valence-electron chi connectivity index (χ0n) is 14.1. The van der Waals surface area contributed by atoms with E-state index in [0.29, 0.717) is 12.8 Å². The Kier molecular flexibility index (Phi) is 5.02. The first-order valence-electron chi connectivity index (χ1n) is 8.24. The van der Waals surface area contributed by atoms with Gasteiger partial charge in [-0.25, -0.2) is 0 Å². The van der Waals surface area contributed by atoms with Crippen molar-refractivity contribution in [1.29, 1.82) is 0 Å². The summed E-state index contributed by atoms with van der Waals surface area (Å²) in [6.45, 7) is 0. The second-order valence-corrected chi connectivity index (χ2v) is 6.03. The van der Waals surface area contributed by atoms with Gasteiger partial charge in [-0.2, -0.15) is 13.2 Å². The van der Waals surface area contributed by atoms with E-state index in [2.05, 4.69) is 5.32 Å². The molecule has 2 aromatic rings. The lowest BCUT2D eigenvalue weighted by Crippen LogP contribution is -2.19. The van der Waals surface area contributed by atoms with Gasteiger partial charge in [0.25, 0.3) is 0 Å². The maximum Gasteiger partial charge on any atom is 0.416 e. The zero-order chi connectivity index (χ0) is 18.7. The molecule has 1 heterocycles. The summed E-state index contributed by atoms with van der Waals surface area (Å²) < 4.78 is 44.6. The smallest absolute Gasteiger partial charge is 0.416 e. The third kappa shape index (κ3) is 3.74. The molecule has 0 fully saturated rings. The Bertz CT molecular complexity index is 828. The van der Waals surface area contributed by atoms with Crippen LogP contribution in [-0.2, 0) is 22.1 Å². The monoisotopic (exact) mass is 361 g/mol. The highest BCUT2D eigenvalue weighted by Gasteiger charge is 2.37. The molecule has 6 heteroatoms. The first-order chi connectivity index (χ1) is 12.4. The number of carbonyl (C=O) groups excluding carboxylic acids is 1. The number of nitrogens with one attached hydrogen (secondary N) is 1. The molecule has 1 aliphatic heterocycles. The van der Waals surface area contributed by atoms with Crippen LogP contribution in [-0.4, -0.2) is 18.9 Å². The summed E-state index contributed by atoms with van der Waals surface area (Å²) in [4.78, 5) is 12.8. The molecule has 1 unspecified atom stereocenters. The Hall–Kier alpha value is -2.76. The number of hydrogen-bond donors (Lipinski definition) is 1. The predicted molar refractivity (Wildman–Crippen MR) is 92.1 cm³/mol. The maximum absolute atomic E-state index is 13.0. The minimum atomic E-state index is -4.47. The number of benzene rings is 2. The SMILES string of the molecule is CNC1=C(c2cccc(C(F)(F)F)c2)C(=O)C(CCc2ccccc2)O1. The van der Waals surface area contributed by atoms with Crippen LogP contribution in [0.5, 0.6) is 0 Å². The lowest BCUT2D eigenvalue weighted by atomic mass is 9.96. The number of rotatable bonds is 5. The van der Waals surface area contributed by atoms with E-state index in [9.17, 15) is 18.0 Å². The van der Waals surface area contributed by atoms with Crippen molar-refractivity contribution in [2.75, 3.05) is 7.05 Å². The number of Topliss-reactive ketones (excluding diaryl/α,β-unsaturated/α-hetero) is 1.